The number of rotatable bonds is 4. The van der Waals surface area contributed by atoms with Gasteiger partial charge in [0.25, 0.3) is 0 Å². The minimum atomic E-state index is -0.237. The normalized spacial score (nSPS) is 11.8. The molecule has 5 rings (SSSR count). The van der Waals surface area contributed by atoms with Crippen molar-refractivity contribution in [1.82, 2.24) is 0 Å². The second-order valence-corrected chi connectivity index (χ2v) is 9.92. The molecule has 0 bridgehead atoms. The molecular weight excluding hydrogens is 444 g/mol. The fourth-order valence-electron chi connectivity index (χ4n) is 4.16. The molecule has 3 nitrogen and oxygen atoms in total. The Bertz CT molecular complexity index is 1550. The molecule has 0 N–H and O–H groups in total. The van der Waals surface area contributed by atoms with Crippen LogP contribution in [-0.2, 0) is 12.0 Å². The quantitative estimate of drug-likeness (QED) is 0.267. The van der Waals surface area contributed by atoms with Gasteiger partial charge in [-0.2, -0.15) is 0 Å². The molecule has 0 fully saturated rings. The fraction of sp³-hybridized carbons (Fsp3) is 0.167. The molecule has 4 aromatic carbocycles. The minimum absolute atomic E-state index is 0.0210. The number of ether oxygens (including phenoxy) is 1. The molecule has 0 saturated carbocycles. The molecule has 4 heteroatoms. The van der Waals surface area contributed by atoms with Gasteiger partial charge in [0.05, 0.1) is 5.39 Å². The lowest BCUT2D eigenvalue weighted by atomic mass is 9.86. The molecule has 0 aliphatic heterocycles. The molecule has 0 radical (unpaired) electrons. The maximum absolute atomic E-state index is 13.5. The van der Waals surface area contributed by atoms with Crippen molar-refractivity contribution in [1.29, 1.82) is 0 Å². The molecule has 1 aromatic heterocycles. The van der Waals surface area contributed by atoms with Crippen molar-refractivity contribution >= 4 is 33.3 Å². The summed E-state index contributed by atoms with van der Waals surface area (Å²) >= 11 is 6.18. The van der Waals surface area contributed by atoms with Crippen molar-refractivity contribution in [3.8, 4) is 17.1 Å². The van der Waals surface area contributed by atoms with Crippen LogP contribution in [0.3, 0.4) is 0 Å². The molecular formula is C30H25ClO3. The summed E-state index contributed by atoms with van der Waals surface area (Å²) in [5, 5.41) is 3.09. The first kappa shape index (κ1) is 22.2. The van der Waals surface area contributed by atoms with E-state index in [0.29, 0.717) is 21.8 Å². The summed E-state index contributed by atoms with van der Waals surface area (Å²) in [5.74, 6) is 0.603. The van der Waals surface area contributed by atoms with Crippen molar-refractivity contribution in [2.45, 2.75) is 32.8 Å². The predicted octanol–water partition coefficient (Wildman–Crippen LogP) is 8.14. The lowest BCUT2D eigenvalue weighted by Gasteiger charge is -2.19. The molecule has 0 aliphatic carbocycles. The molecule has 0 amide bonds. The van der Waals surface area contributed by atoms with Gasteiger partial charge >= 0.3 is 0 Å². The van der Waals surface area contributed by atoms with Crippen LogP contribution in [-0.4, -0.2) is 0 Å². The Hall–Kier alpha value is -3.56. The maximum atomic E-state index is 13.5. The van der Waals surface area contributed by atoms with Gasteiger partial charge in [-0.05, 0) is 45.5 Å². The van der Waals surface area contributed by atoms with Crippen molar-refractivity contribution < 1.29 is 9.15 Å². The van der Waals surface area contributed by atoms with E-state index in [0.717, 1.165) is 21.9 Å². The Labute approximate surface area is 203 Å². The van der Waals surface area contributed by atoms with Gasteiger partial charge in [-0.3, -0.25) is 4.79 Å². The summed E-state index contributed by atoms with van der Waals surface area (Å²) in [6.07, 6.45) is 0. The summed E-state index contributed by atoms with van der Waals surface area (Å²) < 4.78 is 12.4. The van der Waals surface area contributed by atoms with Crippen LogP contribution in [0.15, 0.2) is 94.1 Å². The fourth-order valence-corrected chi connectivity index (χ4v) is 4.33. The molecule has 34 heavy (non-hydrogen) atoms. The lowest BCUT2D eigenvalue weighted by Crippen LogP contribution is -2.11. The van der Waals surface area contributed by atoms with Gasteiger partial charge in [-0.25, -0.2) is 0 Å². The van der Waals surface area contributed by atoms with E-state index in [1.165, 1.54) is 5.56 Å². The lowest BCUT2D eigenvalue weighted by molar-refractivity contribution is 0.299. The Morgan fingerprint density at radius 3 is 2.35 bits per heavy atom. The smallest absolute Gasteiger partial charge is 0.235 e. The maximum Gasteiger partial charge on any atom is 0.235 e. The predicted molar refractivity (Wildman–Crippen MR) is 140 cm³/mol. The van der Waals surface area contributed by atoms with Crippen LogP contribution < -0.4 is 10.2 Å². The van der Waals surface area contributed by atoms with Gasteiger partial charge in [-0.1, -0.05) is 99.1 Å². The van der Waals surface area contributed by atoms with Gasteiger partial charge in [0.15, 0.2) is 5.76 Å². The second kappa shape index (κ2) is 8.66. The second-order valence-electron chi connectivity index (χ2n) is 9.48. The molecule has 1 heterocycles. The highest BCUT2D eigenvalue weighted by Crippen LogP contribution is 2.34. The number of benzene rings is 4. The largest absolute Gasteiger partial charge is 0.481 e. The van der Waals surface area contributed by atoms with Crippen LogP contribution >= 0.6 is 11.6 Å². The van der Waals surface area contributed by atoms with Crippen LogP contribution in [0.25, 0.3) is 33.1 Å². The first-order chi connectivity index (χ1) is 16.3. The SMILES string of the molecule is CC(C)(C)c1ccc(-c2oc3ccc(Cl)cc3c(=O)c2OCc2cccc3ccccc23)cc1. The monoisotopic (exact) mass is 468 g/mol. The van der Waals surface area contributed by atoms with Gasteiger partial charge in [-0.15, -0.1) is 0 Å². The molecule has 0 unspecified atom stereocenters. The zero-order valence-corrected chi connectivity index (χ0v) is 20.1. The minimum Gasteiger partial charge on any atom is -0.481 e. The van der Waals surface area contributed by atoms with E-state index in [9.17, 15) is 4.79 Å². The third kappa shape index (κ3) is 4.20. The van der Waals surface area contributed by atoms with Crippen LogP contribution in [0.5, 0.6) is 5.75 Å². The topological polar surface area (TPSA) is 39.4 Å². The number of fused-ring (bicyclic) bond motifs is 2. The third-order valence-corrected chi connectivity index (χ3v) is 6.31. The van der Waals surface area contributed by atoms with Gasteiger partial charge in [0, 0.05) is 10.6 Å². The standard InChI is InChI=1S/C30H25ClO3/c1-30(2,3)22-13-11-20(12-14-22)28-29(27(32)25-17-23(31)15-16-26(25)34-28)33-18-21-9-6-8-19-7-4-5-10-24(19)21/h4-17H,18H2,1-3H3. The average Bonchev–Trinajstić information content (AvgIpc) is 2.83. The zero-order valence-electron chi connectivity index (χ0n) is 19.4. The Morgan fingerprint density at radius 2 is 1.59 bits per heavy atom. The van der Waals surface area contributed by atoms with E-state index in [1.54, 1.807) is 18.2 Å². The summed E-state index contributed by atoms with van der Waals surface area (Å²) in [5.41, 5.74) is 3.24. The first-order valence-corrected chi connectivity index (χ1v) is 11.7. The molecule has 0 aliphatic rings. The number of halogens is 1. The molecule has 0 atom stereocenters. The van der Waals surface area contributed by atoms with E-state index < -0.39 is 0 Å². The highest BCUT2D eigenvalue weighted by atomic mass is 35.5. The van der Waals surface area contributed by atoms with E-state index >= 15 is 0 Å². The summed E-state index contributed by atoms with van der Waals surface area (Å²) in [4.78, 5) is 13.5. The molecule has 170 valence electrons. The summed E-state index contributed by atoms with van der Waals surface area (Å²) in [6, 6.07) is 27.4. The van der Waals surface area contributed by atoms with E-state index in [-0.39, 0.29) is 23.2 Å². The average molecular weight is 469 g/mol. The van der Waals surface area contributed by atoms with Crippen molar-refractivity contribution in [2.75, 3.05) is 0 Å². The van der Waals surface area contributed by atoms with Gasteiger partial charge in [0.2, 0.25) is 11.2 Å². The van der Waals surface area contributed by atoms with Crippen molar-refractivity contribution in [3.05, 3.63) is 111 Å². The van der Waals surface area contributed by atoms with Crippen LogP contribution in [0, 0.1) is 0 Å². The molecule has 5 aromatic rings. The highest BCUT2D eigenvalue weighted by molar-refractivity contribution is 6.31. The van der Waals surface area contributed by atoms with E-state index in [4.69, 9.17) is 20.8 Å². The summed E-state index contributed by atoms with van der Waals surface area (Å²) in [6.45, 7) is 6.74. The highest BCUT2D eigenvalue weighted by Gasteiger charge is 2.20. The Morgan fingerprint density at radius 1 is 0.853 bits per heavy atom. The first-order valence-electron chi connectivity index (χ1n) is 11.3. The molecule has 0 saturated heterocycles. The zero-order chi connectivity index (χ0) is 23.9. The third-order valence-electron chi connectivity index (χ3n) is 6.08. The Balaban J connectivity index is 1.63. The van der Waals surface area contributed by atoms with Gasteiger partial charge in [0.1, 0.15) is 12.2 Å². The van der Waals surface area contributed by atoms with E-state index in [1.807, 2.05) is 36.4 Å². The van der Waals surface area contributed by atoms with Crippen molar-refractivity contribution in [3.63, 3.8) is 0 Å². The van der Waals surface area contributed by atoms with Crippen LogP contribution in [0.2, 0.25) is 5.02 Å². The number of hydrogen-bond acceptors (Lipinski definition) is 3. The van der Waals surface area contributed by atoms with E-state index in [2.05, 4.69) is 51.1 Å². The van der Waals surface area contributed by atoms with Crippen LogP contribution in [0.4, 0.5) is 0 Å². The van der Waals surface area contributed by atoms with Gasteiger partial charge < -0.3 is 9.15 Å². The molecule has 0 spiro atoms. The van der Waals surface area contributed by atoms with Crippen molar-refractivity contribution in [2.24, 2.45) is 0 Å². The van der Waals surface area contributed by atoms with Crippen LogP contribution in [0.1, 0.15) is 31.9 Å². The summed E-state index contributed by atoms with van der Waals surface area (Å²) in [7, 11) is 0. The number of hydrogen-bond donors (Lipinski definition) is 0. The Kier molecular flexibility index (Phi) is 5.66.